The summed E-state index contributed by atoms with van der Waals surface area (Å²) in [6.45, 7) is -0.175. The maximum atomic E-state index is 12.4. The second-order valence-corrected chi connectivity index (χ2v) is 9.87. The molecule has 0 unspecified atom stereocenters. The van der Waals surface area contributed by atoms with Gasteiger partial charge in [-0.3, -0.25) is 0 Å². The van der Waals surface area contributed by atoms with Crippen LogP contribution in [0.1, 0.15) is 22.3 Å². The van der Waals surface area contributed by atoms with Gasteiger partial charge in [0, 0.05) is 0 Å². The van der Waals surface area contributed by atoms with Crippen LogP contribution in [-0.4, -0.2) is 58.7 Å². The number of benzene rings is 4. The van der Waals surface area contributed by atoms with E-state index in [-0.39, 0.29) is 13.2 Å². The van der Waals surface area contributed by atoms with E-state index in [2.05, 4.69) is 5.32 Å². The summed E-state index contributed by atoms with van der Waals surface area (Å²) in [4.78, 5) is 12.4. The fourth-order valence-corrected chi connectivity index (χ4v) is 5.12. The third-order valence-corrected chi connectivity index (χ3v) is 7.22. The van der Waals surface area contributed by atoms with Crippen molar-refractivity contribution in [3.63, 3.8) is 0 Å². The summed E-state index contributed by atoms with van der Waals surface area (Å²) in [5.74, 6) is 0. The minimum absolute atomic E-state index is 0.00595. The number of rotatable bonds is 9. The van der Waals surface area contributed by atoms with Crippen LogP contribution in [0.15, 0.2) is 121 Å². The van der Waals surface area contributed by atoms with Crippen molar-refractivity contribution in [1.82, 2.24) is 5.32 Å². The zero-order valence-electron chi connectivity index (χ0n) is 22.3. The Morgan fingerprint density at radius 3 is 1.66 bits per heavy atom. The highest BCUT2D eigenvalue weighted by Crippen LogP contribution is 2.41. The van der Waals surface area contributed by atoms with Crippen molar-refractivity contribution in [1.29, 1.82) is 0 Å². The van der Waals surface area contributed by atoms with Gasteiger partial charge in [0.05, 0.1) is 6.61 Å². The first-order valence-corrected chi connectivity index (χ1v) is 13.5. The fraction of sp³-hybridized carbons (Fsp3) is 0.242. The van der Waals surface area contributed by atoms with Gasteiger partial charge in [0.15, 0.2) is 6.29 Å². The van der Waals surface area contributed by atoms with Crippen molar-refractivity contribution in [2.75, 3.05) is 6.61 Å². The summed E-state index contributed by atoms with van der Waals surface area (Å²) < 4.78 is 17.6. The molecule has 8 nitrogen and oxygen atoms in total. The van der Waals surface area contributed by atoms with Gasteiger partial charge < -0.3 is 34.8 Å². The average Bonchev–Trinajstić information content (AvgIpc) is 3.03. The summed E-state index contributed by atoms with van der Waals surface area (Å²) in [6.07, 6.45) is -6.60. The molecule has 212 valence electrons. The van der Waals surface area contributed by atoms with Crippen LogP contribution in [-0.2, 0) is 26.4 Å². The van der Waals surface area contributed by atoms with Gasteiger partial charge in [-0.15, -0.1) is 0 Å². The van der Waals surface area contributed by atoms with Gasteiger partial charge in [-0.1, -0.05) is 121 Å². The number of alkyl carbamates (subject to hydrolysis) is 1. The number of amides is 1. The number of ether oxygens (including phenoxy) is 3. The van der Waals surface area contributed by atoms with Crippen LogP contribution < -0.4 is 5.32 Å². The molecule has 1 heterocycles. The molecule has 0 saturated carbocycles. The molecule has 5 atom stereocenters. The van der Waals surface area contributed by atoms with E-state index < -0.39 is 42.3 Å². The summed E-state index contributed by atoms with van der Waals surface area (Å²) in [5.41, 5.74) is 2.25. The van der Waals surface area contributed by atoms with Crippen molar-refractivity contribution in [2.45, 2.75) is 42.9 Å². The van der Waals surface area contributed by atoms with Gasteiger partial charge in [-0.05, 0) is 22.3 Å². The van der Waals surface area contributed by atoms with Crippen molar-refractivity contribution < 1.29 is 34.3 Å². The fourth-order valence-electron chi connectivity index (χ4n) is 5.12. The number of aliphatic hydroxyl groups excluding tert-OH is 3. The quantitative estimate of drug-likeness (QED) is 0.233. The van der Waals surface area contributed by atoms with Crippen LogP contribution in [0.25, 0.3) is 0 Å². The van der Waals surface area contributed by atoms with Crippen LogP contribution in [0.2, 0.25) is 0 Å². The second kappa shape index (κ2) is 13.1. The van der Waals surface area contributed by atoms with Crippen LogP contribution in [0.3, 0.4) is 0 Å². The molecule has 4 aromatic rings. The molecule has 1 aliphatic heterocycles. The lowest BCUT2D eigenvalue weighted by molar-refractivity contribution is -0.260. The first-order valence-electron chi connectivity index (χ1n) is 13.5. The minimum Gasteiger partial charge on any atom is -0.445 e. The first kappa shape index (κ1) is 28.5. The lowest BCUT2D eigenvalue weighted by atomic mass is 9.80. The number of aliphatic hydroxyl groups is 3. The zero-order chi connectivity index (χ0) is 28.7. The Kier molecular flexibility index (Phi) is 9.08. The predicted molar refractivity (Wildman–Crippen MR) is 152 cm³/mol. The highest BCUT2D eigenvalue weighted by atomic mass is 16.6. The summed E-state index contributed by atoms with van der Waals surface area (Å²) >= 11 is 0. The highest BCUT2D eigenvalue weighted by molar-refractivity contribution is 5.67. The van der Waals surface area contributed by atoms with Gasteiger partial charge in [0.2, 0.25) is 0 Å². The van der Waals surface area contributed by atoms with Crippen LogP contribution in [0.5, 0.6) is 0 Å². The van der Waals surface area contributed by atoms with E-state index in [9.17, 15) is 20.1 Å². The maximum absolute atomic E-state index is 12.4. The predicted octanol–water partition coefficient (Wildman–Crippen LogP) is 3.73. The van der Waals surface area contributed by atoms with E-state index in [0.717, 1.165) is 22.3 Å². The molecule has 0 aromatic heterocycles. The molecular formula is C33H33NO7. The van der Waals surface area contributed by atoms with E-state index in [1.807, 2.05) is 109 Å². The van der Waals surface area contributed by atoms with E-state index in [1.165, 1.54) is 0 Å². The molecule has 8 heteroatoms. The second-order valence-electron chi connectivity index (χ2n) is 9.87. The lowest BCUT2D eigenvalue weighted by Gasteiger charge is -2.42. The topological polar surface area (TPSA) is 117 Å². The van der Waals surface area contributed by atoms with Crippen molar-refractivity contribution in [3.05, 3.63) is 144 Å². The lowest BCUT2D eigenvalue weighted by Crippen LogP contribution is -2.64. The molecule has 0 aliphatic carbocycles. The summed E-state index contributed by atoms with van der Waals surface area (Å²) in [6, 6.07) is 36.8. The first-order chi connectivity index (χ1) is 20.0. The minimum atomic E-state index is -1.62. The van der Waals surface area contributed by atoms with Crippen LogP contribution in [0.4, 0.5) is 4.79 Å². The number of hydrogen-bond donors (Lipinski definition) is 4. The van der Waals surface area contributed by atoms with Gasteiger partial charge in [-0.2, -0.15) is 0 Å². The van der Waals surface area contributed by atoms with Gasteiger partial charge in [-0.25, -0.2) is 4.79 Å². The molecule has 41 heavy (non-hydrogen) atoms. The number of carbonyl (C=O) groups is 1. The third kappa shape index (κ3) is 6.32. The molecule has 0 spiro atoms. The molecule has 4 N–H and O–H groups in total. The van der Waals surface area contributed by atoms with Crippen LogP contribution in [0, 0.1) is 0 Å². The molecule has 1 saturated heterocycles. The Labute approximate surface area is 238 Å². The van der Waals surface area contributed by atoms with Crippen LogP contribution >= 0.6 is 0 Å². The average molecular weight is 556 g/mol. The van der Waals surface area contributed by atoms with Crippen molar-refractivity contribution >= 4 is 6.09 Å². The monoisotopic (exact) mass is 555 g/mol. The Bertz CT molecular complexity index is 1280. The molecule has 1 fully saturated rings. The molecule has 1 aliphatic rings. The normalized spacial score (nSPS) is 22.6. The van der Waals surface area contributed by atoms with E-state index in [0.29, 0.717) is 0 Å². The Balaban J connectivity index is 1.34. The Morgan fingerprint density at radius 2 is 1.17 bits per heavy atom. The Morgan fingerprint density at radius 1 is 0.707 bits per heavy atom. The highest BCUT2D eigenvalue weighted by Gasteiger charge is 2.47. The Hall–Kier alpha value is -4.05. The van der Waals surface area contributed by atoms with E-state index >= 15 is 0 Å². The summed E-state index contributed by atoms with van der Waals surface area (Å²) in [7, 11) is 0. The number of carbonyl (C=O) groups excluding carboxylic acids is 1. The summed E-state index contributed by atoms with van der Waals surface area (Å²) in [5, 5.41) is 35.0. The standard InChI is InChI=1S/C33H33NO7/c35-29-27(41-31(37)28(30(29)36)34-32(38)39-21-23-13-5-1-6-14-23)22-40-33(24-15-7-2-8-16-24,25-17-9-3-10-18-25)26-19-11-4-12-20-26/h1-20,27-31,35-37H,21-22H2,(H,34,38)/t27-,28+,29-,30-,31+/m1/s1. The number of hydrogen-bond acceptors (Lipinski definition) is 7. The van der Waals surface area contributed by atoms with Gasteiger partial charge in [0.25, 0.3) is 0 Å². The van der Waals surface area contributed by atoms with E-state index in [1.54, 1.807) is 12.1 Å². The van der Waals surface area contributed by atoms with Gasteiger partial charge >= 0.3 is 6.09 Å². The molecular weight excluding hydrogens is 522 g/mol. The van der Waals surface area contributed by atoms with E-state index in [4.69, 9.17) is 14.2 Å². The largest absolute Gasteiger partial charge is 0.445 e. The molecule has 1 amide bonds. The molecule has 5 rings (SSSR count). The number of nitrogens with one attached hydrogen (secondary N) is 1. The molecule has 0 radical (unpaired) electrons. The van der Waals surface area contributed by atoms with Crippen molar-refractivity contribution in [2.24, 2.45) is 0 Å². The van der Waals surface area contributed by atoms with Gasteiger partial charge in [0.1, 0.15) is 36.6 Å². The SMILES string of the molecule is O=C(N[C@H]1[C@@H](O)[C@H](O)[C@@H](COC(c2ccccc2)(c2ccccc2)c2ccccc2)O[C@@H]1O)OCc1ccccc1. The van der Waals surface area contributed by atoms with Crippen molar-refractivity contribution in [3.8, 4) is 0 Å². The molecule has 0 bridgehead atoms. The smallest absolute Gasteiger partial charge is 0.407 e. The molecule has 4 aromatic carbocycles. The maximum Gasteiger partial charge on any atom is 0.407 e. The zero-order valence-corrected chi connectivity index (χ0v) is 22.3. The third-order valence-electron chi connectivity index (χ3n) is 7.22.